The van der Waals surface area contributed by atoms with Gasteiger partial charge in [-0.25, -0.2) is 14.4 Å². The highest BCUT2D eigenvalue weighted by Crippen LogP contribution is 2.38. The van der Waals surface area contributed by atoms with E-state index in [-0.39, 0.29) is 17.0 Å². The number of rotatable bonds is 4. The number of aromatic nitrogens is 3. The third-order valence-corrected chi connectivity index (χ3v) is 5.80. The van der Waals surface area contributed by atoms with Gasteiger partial charge in [0.05, 0.1) is 16.8 Å². The molecule has 0 spiro atoms. The Morgan fingerprint density at radius 1 is 1.23 bits per heavy atom. The van der Waals surface area contributed by atoms with E-state index < -0.39 is 5.82 Å². The highest BCUT2D eigenvalue weighted by atomic mass is 35.5. The zero-order valence-electron chi connectivity index (χ0n) is 17.6. The van der Waals surface area contributed by atoms with Crippen LogP contribution in [0.2, 0.25) is 5.02 Å². The molecule has 1 fully saturated rings. The molecule has 0 bridgehead atoms. The SMILES string of the molecule is Cc1cnccc1-c1cnc(N(C)C)nc1[C@H]1CCCN1C(=O)c1ccc(F)c(Cl)c1. The summed E-state index contributed by atoms with van der Waals surface area (Å²) in [4.78, 5) is 30.5. The normalized spacial score (nSPS) is 15.9. The molecule has 4 rings (SSSR count). The van der Waals surface area contributed by atoms with Crippen LogP contribution < -0.4 is 4.90 Å². The molecule has 8 heteroatoms. The van der Waals surface area contributed by atoms with Gasteiger partial charge in [0.15, 0.2) is 0 Å². The van der Waals surface area contributed by atoms with Crippen molar-refractivity contribution in [1.82, 2.24) is 19.9 Å². The van der Waals surface area contributed by atoms with Crippen LogP contribution in [-0.4, -0.2) is 46.4 Å². The maximum absolute atomic E-state index is 13.6. The first-order chi connectivity index (χ1) is 14.9. The average Bonchev–Trinajstić information content (AvgIpc) is 3.25. The summed E-state index contributed by atoms with van der Waals surface area (Å²) < 4.78 is 13.6. The van der Waals surface area contributed by atoms with Gasteiger partial charge in [0.25, 0.3) is 5.91 Å². The average molecular weight is 440 g/mol. The van der Waals surface area contributed by atoms with Gasteiger partial charge in [0, 0.05) is 50.4 Å². The van der Waals surface area contributed by atoms with E-state index in [0.29, 0.717) is 18.1 Å². The zero-order valence-corrected chi connectivity index (χ0v) is 18.4. The number of nitrogens with zero attached hydrogens (tertiary/aromatic N) is 5. The van der Waals surface area contributed by atoms with Crippen molar-refractivity contribution < 1.29 is 9.18 Å². The van der Waals surface area contributed by atoms with Gasteiger partial charge < -0.3 is 9.80 Å². The van der Waals surface area contributed by atoms with Crippen molar-refractivity contribution in [2.45, 2.75) is 25.8 Å². The Morgan fingerprint density at radius 2 is 2.03 bits per heavy atom. The smallest absolute Gasteiger partial charge is 0.254 e. The lowest BCUT2D eigenvalue weighted by atomic mass is 9.97. The minimum Gasteiger partial charge on any atom is -0.347 e. The van der Waals surface area contributed by atoms with Crippen LogP contribution in [0.1, 0.15) is 40.5 Å². The minimum atomic E-state index is -0.543. The Bertz CT molecular complexity index is 1140. The molecular weight excluding hydrogens is 417 g/mol. The summed E-state index contributed by atoms with van der Waals surface area (Å²) in [5.74, 6) is -0.153. The van der Waals surface area contributed by atoms with Gasteiger partial charge in [0.2, 0.25) is 5.95 Å². The van der Waals surface area contributed by atoms with E-state index in [4.69, 9.17) is 16.6 Å². The van der Waals surface area contributed by atoms with Gasteiger partial charge in [-0.3, -0.25) is 9.78 Å². The minimum absolute atomic E-state index is 0.0633. The van der Waals surface area contributed by atoms with Crippen molar-refractivity contribution in [3.63, 3.8) is 0 Å². The van der Waals surface area contributed by atoms with E-state index >= 15 is 0 Å². The second-order valence-electron chi connectivity index (χ2n) is 7.84. The Kier molecular flexibility index (Phi) is 5.87. The molecular formula is C23H23ClFN5O. The largest absolute Gasteiger partial charge is 0.347 e. The van der Waals surface area contributed by atoms with Crippen molar-refractivity contribution in [1.29, 1.82) is 0 Å². The van der Waals surface area contributed by atoms with E-state index in [1.165, 1.54) is 18.2 Å². The maximum atomic E-state index is 13.6. The van der Waals surface area contributed by atoms with Crippen LogP contribution in [0, 0.1) is 12.7 Å². The molecule has 0 aliphatic carbocycles. The summed E-state index contributed by atoms with van der Waals surface area (Å²) in [7, 11) is 3.77. The van der Waals surface area contributed by atoms with Crippen LogP contribution in [0.15, 0.2) is 42.9 Å². The highest BCUT2D eigenvalue weighted by molar-refractivity contribution is 6.31. The van der Waals surface area contributed by atoms with Gasteiger partial charge in [-0.1, -0.05) is 11.6 Å². The third kappa shape index (κ3) is 4.10. The van der Waals surface area contributed by atoms with Crippen LogP contribution in [-0.2, 0) is 0 Å². The number of hydrogen-bond acceptors (Lipinski definition) is 5. The van der Waals surface area contributed by atoms with Gasteiger partial charge in [-0.05, 0) is 55.2 Å². The maximum Gasteiger partial charge on any atom is 0.254 e. The van der Waals surface area contributed by atoms with Gasteiger partial charge in [0.1, 0.15) is 5.82 Å². The van der Waals surface area contributed by atoms with Crippen LogP contribution in [0.3, 0.4) is 0 Å². The first kappa shape index (κ1) is 21.2. The quantitative estimate of drug-likeness (QED) is 0.590. The second kappa shape index (κ2) is 8.59. The van der Waals surface area contributed by atoms with Crippen LogP contribution in [0.5, 0.6) is 0 Å². The first-order valence-electron chi connectivity index (χ1n) is 10.1. The number of anilines is 1. The lowest BCUT2D eigenvalue weighted by Gasteiger charge is -2.27. The number of carbonyl (C=O) groups is 1. The summed E-state index contributed by atoms with van der Waals surface area (Å²) in [6.07, 6.45) is 6.99. The Labute approximate surface area is 185 Å². The number of pyridine rings is 1. The molecule has 0 unspecified atom stereocenters. The van der Waals surface area contributed by atoms with Crippen LogP contribution in [0.4, 0.5) is 10.3 Å². The fourth-order valence-corrected chi connectivity index (χ4v) is 4.11. The third-order valence-electron chi connectivity index (χ3n) is 5.51. The monoisotopic (exact) mass is 439 g/mol. The number of aryl methyl sites for hydroxylation is 1. The van der Waals surface area contributed by atoms with Crippen molar-refractivity contribution in [3.8, 4) is 11.1 Å². The first-order valence-corrected chi connectivity index (χ1v) is 10.5. The zero-order chi connectivity index (χ0) is 22.1. The van der Waals surface area contributed by atoms with E-state index in [1.54, 1.807) is 17.3 Å². The molecule has 1 atom stereocenters. The molecule has 2 aromatic heterocycles. The summed E-state index contributed by atoms with van der Waals surface area (Å²) in [6.45, 7) is 2.58. The Hall–Kier alpha value is -3.06. The van der Waals surface area contributed by atoms with E-state index in [1.807, 2.05) is 38.2 Å². The molecule has 1 aliphatic rings. The number of carbonyl (C=O) groups excluding carboxylic acids is 1. The molecule has 1 aliphatic heterocycles. The lowest BCUT2D eigenvalue weighted by Crippen LogP contribution is -2.31. The van der Waals surface area contributed by atoms with E-state index in [0.717, 1.165) is 35.2 Å². The number of halogens is 2. The summed E-state index contributed by atoms with van der Waals surface area (Å²) in [5, 5.41) is -0.0633. The Balaban J connectivity index is 1.79. The fourth-order valence-electron chi connectivity index (χ4n) is 3.93. The van der Waals surface area contributed by atoms with Crippen LogP contribution >= 0.6 is 11.6 Å². The number of hydrogen-bond donors (Lipinski definition) is 0. The molecule has 0 saturated carbocycles. The number of likely N-dealkylation sites (tertiary alicyclic amines) is 1. The molecule has 0 N–H and O–H groups in total. The van der Waals surface area contributed by atoms with Gasteiger partial charge in [-0.2, -0.15) is 0 Å². The molecule has 6 nitrogen and oxygen atoms in total. The number of benzene rings is 1. The predicted octanol–water partition coefficient (Wildman–Crippen LogP) is 4.68. The summed E-state index contributed by atoms with van der Waals surface area (Å²) >= 11 is 5.92. The van der Waals surface area contributed by atoms with Gasteiger partial charge in [-0.15, -0.1) is 0 Å². The van der Waals surface area contributed by atoms with Gasteiger partial charge >= 0.3 is 0 Å². The van der Waals surface area contributed by atoms with E-state index in [2.05, 4.69) is 9.97 Å². The lowest BCUT2D eigenvalue weighted by molar-refractivity contribution is 0.0733. The number of amides is 1. The topological polar surface area (TPSA) is 62.2 Å². The van der Waals surface area contributed by atoms with Crippen molar-refractivity contribution in [3.05, 3.63) is 70.5 Å². The van der Waals surface area contributed by atoms with Crippen molar-refractivity contribution >= 4 is 23.5 Å². The standard InChI is InChI=1S/C23H23ClFN5O/c1-14-12-26-9-8-16(14)17-13-27-23(29(2)3)28-21(17)20-5-4-10-30(20)22(31)15-6-7-19(25)18(24)11-15/h6-9,11-13,20H,4-5,10H2,1-3H3/t20-/m1/s1. The molecule has 0 radical (unpaired) electrons. The molecule has 3 aromatic rings. The molecule has 31 heavy (non-hydrogen) atoms. The Morgan fingerprint density at radius 3 is 2.74 bits per heavy atom. The highest BCUT2D eigenvalue weighted by Gasteiger charge is 2.34. The van der Waals surface area contributed by atoms with Crippen molar-refractivity contribution in [2.24, 2.45) is 0 Å². The van der Waals surface area contributed by atoms with Crippen LogP contribution in [0.25, 0.3) is 11.1 Å². The molecule has 160 valence electrons. The predicted molar refractivity (Wildman–Crippen MR) is 119 cm³/mol. The molecule has 1 saturated heterocycles. The van der Waals surface area contributed by atoms with E-state index in [9.17, 15) is 9.18 Å². The second-order valence-corrected chi connectivity index (χ2v) is 8.25. The summed E-state index contributed by atoms with van der Waals surface area (Å²) in [6, 6.07) is 5.79. The molecule has 3 heterocycles. The fraction of sp³-hybridized carbons (Fsp3) is 0.304. The molecule has 1 amide bonds. The summed E-state index contributed by atoms with van der Waals surface area (Å²) in [5.41, 5.74) is 4.03. The van der Waals surface area contributed by atoms with Crippen molar-refractivity contribution in [2.75, 3.05) is 25.5 Å². The molecule has 1 aromatic carbocycles.